The summed E-state index contributed by atoms with van der Waals surface area (Å²) >= 11 is 1.45. The van der Waals surface area contributed by atoms with Crippen molar-refractivity contribution in [2.24, 2.45) is 0 Å². The summed E-state index contributed by atoms with van der Waals surface area (Å²) in [5, 5.41) is 9.88. The predicted molar refractivity (Wildman–Crippen MR) is 119 cm³/mol. The molecule has 1 aliphatic rings. The van der Waals surface area contributed by atoms with Crippen molar-refractivity contribution in [3.8, 4) is 5.75 Å². The minimum atomic E-state index is -3.05. The average molecular weight is 461 g/mol. The zero-order chi connectivity index (χ0) is 22.0. The molecule has 0 saturated carbocycles. The minimum Gasteiger partial charge on any atom is -0.486 e. The first-order valence-electron chi connectivity index (χ1n) is 9.96. The molecule has 4 rings (SSSR count). The number of nitrogens with zero attached hydrogens (tertiary/aromatic N) is 3. The van der Waals surface area contributed by atoms with Gasteiger partial charge in [0.1, 0.15) is 23.2 Å². The Labute approximate surface area is 185 Å². The van der Waals surface area contributed by atoms with E-state index < -0.39 is 9.84 Å². The second-order valence-electron chi connectivity index (χ2n) is 7.73. The zero-order valence-electron chi connectivity index (χ0n) is 17.4. The molecule has 1 saturated heterocycles. The van der Waals surface area contributed by atoms with Gasteiger partial charge in [0, 0.05) is 11.4 Å². The Balaban J connectivity index is 1.35. The molecule has 31 heavy (non-hydrogen) atoms. The van der Waals surface area contributed by atoms with Gasteiger partial charge in [-0.05, 0) is 32.4 Å². The lowest BCUT2D eigenvalue weighted by Crippen LogP contribution is -2.20. The number of anilines is 1. The molecular formula is C21H24N4O4S2. The van der Waals surface area contributed by atoms with Gasteiger partial charge in [-0.25, -0.2) is 18.1 Å². The summed E-state index contributed by atoms with van der Waals surface area (Å²) in [7, 11) is -3.05. The fourth-order valence-corrected chi connectivity index (χ4v) is 5.88. The summed E-state index contributed by atoms with van der Waals surface area (Å²) < 4.78 is 31.0. The lowest BCUT2D eigenvalue weighted by Gasteiger charge is -2.13. The van der Waals surface area contributed by atoms with E-state index in [-0.39, 0.29) is 29.9 Å². The van der Waals surface area contributed by atoms with Crippen molar-refractivity contribution >= 4 is 32.9 Å². The van der Waals surface area contributed by atoms with Gasteiger partial charge in [-0.3, -0.25) is 4.79 Å². The fourth-order valence-electron chi connectivity index (χ4n) is 3.48. The van der Waals surface area contributed by atoms with Gasteiger partial charge in [-0.2, -0.15) is 5.10 Å². The molecule has 1 aromatic carbocycles. The molecule has 0 aliphatic carbocycles. The second kappa shape index (κ2) is 8.80. The van der Waals surface area contributed by atoms with Crippen LogP contribution in [0.3, 0.4) is 0 Å². The zero-order valence-corrected chi connectivity index (χ0v) is 19.0. The molecule has 0 spiro atoms. The van der Waals surface area contributed by atoms with Gasteiger partial charge in [-0.1, -0.05) is 17.7 Å². The summed E-state index contributed by atoms with van der Waals surface area (Å²) in [5.41, 5.74) is 2.56. The quantitative estimate of drug-likeness (QED) is 0.581. The average Bonchev–Trinajstić information content (AvgIpc) is 3.40. The summed E-state index contributed by atoms with van der Waals surface area (Å²) in [6.07, 6.45) is 0.622. The predicted octanol–water partition coefficient (Wildman–Crippen LogP) is 3.08. The van der Waals surface area contributed by atoms with E-state index in [1.54, 1.807) is 10.7 Å². The third-order valence-electron chi connectivity index (χ3n) is 5.00. The van der Waals surface area contributed by atoms with Crippen molar-refractivity contribution in [1.82, 2.24) is 14.8 Å². The molecule has 1 aliphatic heterocycles. The number of amides is 1. The minimum absolute atomic E-state index is 0.0490. The highest BCUT2D eigenvalue weighted by atomic mass is 32.2. The van der Waals surface area contributed by atoms with E-state index in [4.69, 9.17) is 4.74 Å². The van der Waals surface area contributed by atoms with Crippen LogP contribution in [0.4, 0.5) is 5.82 Å². The van der Waals surface area contributed by atoms with Crippen molar-refractivity contribution in [3.63, 3.8) is 0 Å². The second-order valence-corrected chi connectivity index (χ2v) is 10.9. The van der Waals surface area contributed by atoms with E-state index in [1.165, 1.54) is 16.9 Å². The highest BCUT2D eigenvalue weighted by Crippen LogP contribution is 2.27. The van der Waals surface area contributed by atoms with E-state index in [0.29, 0.717) is 24.5 Å². The smallest absolute Gasteiger partial charge is 0.231 e. The largest absolute Gasteiger partial charge is 0.486 e. The molecule has 1 N–H and O–H groups in total. The van der Waals surface area contributed by atoms with Gasteiger partial charge in [0.2, 0.25) is 5.91 Å². The van der Waals surface area contributed by atoms with Gasteiger partial charge in [0.25, 0.3) is 0 Å². The summed E-state index contributed by atoms with van der Waals surface area (Å²) in [6, 6.07) is 9.31. The SMILES string of the molecule is Cc1ccc(OCc2nc(CC(=O)Nc3cc(C)nn3C3CCS(=O)(=O)C3)cs2)cc1. The molecule has 0 bridgehead atoms. The van der Waals surface area contributed by atoms with Crippen LogP contribution in [-0.2, 0) is 27.7 Å². The van der Waals surface area contributed by atoms with Gasteiger partial charge < -0.3 is 10.1 Å². The Bertz CT molecular complexity index is 1180. The Kier molecular flexibility index (Phi) is 6.10. The standard InChI is InChI=1S/C21H24N4O4S2/c1-14-3-5-18(6-4-14)29-11-21-22-16(12-30-21)10-20(26)23-19-9-15(2)24-25(19)17-7-8-31(27,28)13-17/h3-6,9,12,17H,7-8,10-11,13H2,1-2H3,(H,23,26). The van der Waals surface area contributed by atoms with Gasteiger partial charge in [0.05, 0.1) is 35.4 Å². The normalized spacial score (nSPS) is 17.5. The number of hydrogen-bond acceptors (Lipinski definition) is 7. The molecule has 1 unspecified atom stereocenters. The maximum Gasteiger partial charge on any atom is 0.231 e. The molecule has 3 heterocycles. The molecule has 10 heteroatoms. The number of carbonyl (C=O) groups excluding carboxylic acids is 1. The Morgan fingerprint density at radius 1 is 1.29 bits per heavy atom. The number of hydrogen-bond donors (Lipinski definition) is 1. The van der Waals surface area contributed by atoms with Gasteiger partial charge in [0.15, 0.2) is 9.84 Å². The Morgan fingerprint density at radius 3 is 2.77 bits per heavy atom. The molecule has 164 valence electrons. The summed E-state index contributed by atoms with van der Waals surface area (Å²) in [4.78, 5) is 17.0. The van der Waals surface area contributed by atoms with Crippen molar-refractivity contribution in [3.05, 3.63) is 57.7 Å². The molecule has 1 amide bonds. The first kappa shape index (κ1) is 21.5. The first-order valence-corrected chi connectivity index (χ1v) is 12.7. The maximum atomic E-state index is 12.6. The highest BCUT2D eigenvalue weighted by molar-refractivity contribution is 7.91. The molecular weight excluding hydrogens is 436 g/mol. The van der Waals surface area contributed by atoms with E-state index in [9.17, 15) is 13.2 Å². The number of benzene rings is 1. The third-order valence-corrected chi connectivity index (χ3v) is 7.63. The van der Waals surface area contributed by atoms with Crippen LogP contribution in [0, 0.1) is 13.8 Å². The lowest BCUT2D eigenvalue weighted by molar-refractivity contribution is -0.115. The summed E-state index contributed by atoms with van der Waals surface area (Å²) in [6.45, 7) is 4.18. The van der Waals surface area contributed by atoms with E-state index in [2.05, 4.69) is 15.4 Å². The van der Waals surface area contributed by atoms with Crippen LogP contribution in [0.15, 0.2) is 35.7 Å². The number of aryl methyl sites for hydroxylation is 2. The number of nitrogens with one attached hydrogen (secondary N) is 1. The van der Waals surface area contributed by atoms with Crippen LogP contribution in [0.2, 0.25) is 0 Å². The van der Waals surface area contributed by atoms with Crippen LogP contribution < -0.4 is 10.1 Å². The van der Waals surface area contributed by atoms with E-state index >= 15 is 0 Å². The van der Waals surface area contributed by atoms with Crippen LogP contribution in [-0.4, -0.2) is 40.6 Å². The third kappa shape index (κ3) is 5.50. The highest BCUT2D eigenvalue weighted by Gasteiger charge is 2.31. The van der Waals surface area contributed by atoms with Crippen molar-refractivity contribution in [2.75, 3.05) is 16.8 Å². The van der Waals surface area contributed by atoms with Crippen LogP contribution in [0.25, 0.3) is 0 Å². The molecule has 3 aromatic rings. The number of aromatic nitrogens is 3. The molecule has 0 radical (unpaired) electrons. The van der Waals surface area contributed by atoms with Crippen LogP contribution >= 0.6 is 11.3 Å². The van der Waals surface area contributed by atoms with Crippen molar-refractivity contribution in [1.29, 1.82) is 0 Å². The molecule has 1 atom stereocenters. The van der Waals surface area contributed by atoms with Gasteiger partial charge in [-0.15, -0.1) is 11.3 Å². The van der Waals surface area contributed by atoms with E-state index in [0.717, 1.165) is 16.5 Å². The van der Waals surface area contributed by atoms with Crippen molar-refractivity contribution in [2.45, 2.75) is 39.3 Å². The summed E-state index contributed by atoms with van der Waals surface area (Å²) in [5.74, 6) is 1.27. The Hall–Kier alpha value is -2.72. The maximum absolute atomic E-state index is 12.6. The number of thiazole rings is 1. The number of carbonyl (C=O) groups is 1. The lowest BCUT2D eigenvalue weighted by atomic mass is 10.2. The fraction of sp³-hybridized carbons (Fsp3) is 0.381. The monoisotopic (exact) mass is 460 g/mol. The number of sulfone groups is 1. The molecule has 1 fully saturated rings. The van der Waals surface area contributed by atoms with Crippen LogP contribution in [0.5, 0.6) is 5.75 Å². The topological polar surface area (TPSA) is 103 Å². The molecule has 2 aromatic heterocycles. The number of ether oxygens (including phenoxy) is 1. The van der Waals surface area contributed by atoms with E-state index in [1.807, 2.05) is 43.5 Å². The van der Waals surface area contributed by atoms with Crippen molar-refractivity contribution < 1.29 is 17.9 Å². The van der Waals surface area contributed by atoms with Gasteiger partial charge >= 0.3 is 0 Å². The number of rotatable bonds is 7. The Morgan fingerprint density at radius 2 is 2.06 bits per heavy atom. The first-order chi connectivity index (χ1) is 14.8. The van der Waals surface area contributed by atoms with Crippen LogP contribution in [0.1, 0.15) is 34.4 Å². The molecule has 8 nitrogen and oxygen atoms in total.